The average Bonchev–Trinajstić information content (AvgIpc) is 3.06. The SMILES string of the molecule is CCCCC(CC)COC(=O)CCSc1cnc(CNC(=O)OC(C)(C)C)s1. The normalized spacial score (nSPS) is 12.5. The maximum absolute atomic E-state index is 11.9. The zero-order valence-corrected chi connectivity index (χ0v) is 19.3. The molecule has 0 saturated heterocycles. The number of alkyl carbamates (subject to hydrolysis) is 1. The van der Waals surface area contributed by atoms with Crippen LogP contribution in [0.2, 0.25) is 0 Å². The van der Waals surface area contributed by atoms with Crippen molar-refractivity contribution in [3.8, 4) is 0 Å². The number of aromatic nitrogens is 1. The maximum atomic E-state index is 11.9. The quantitative estimate of drug-likeness (QED) is 0.353. The van der Waals surface area contributed by atoms with Crippen molar-refractivity contribution in [3.63, 3.8) is 0 Å². The highest BCUT2D eigenvalue weighted by molar-refractivity contribution is 8.01. The second-order valence-electron chi connectivity index (χ2n) is 7.63. The number of carbonyl (C=O) groups is 2. The molecule has 0 aliphatic carbocycles. The van der Waals surface area contributed by atoms with Crippen LogP contribution in [-0.2, 0) is 20.8 Å². The van der Waals surface area contributed by atoms with Crippen molar-refractivity contribution in [2.75, 3.05) is 12.4 Å². The van der Waals surface area contributed by atoms with Crippen LogP contribution < -0.4 is 5.32 Å². The van der Waals surface area contributed by atoms with E-state index in [9.17, 15) is 9.59 Å². The third kappa shape index (κ3) is 11.5. The minimum absolute atomic E-state index is 0.140. The van der Waals surface area contributed by atoms with Gasteiger partial charge in [0.05, 0.1) is 30.0 Å². The molecule has 1 unspecified atom stereocenters. The average molecular weight is 431 g/mol. The summed E-state index contributed by atoms with van der Waals surface area (Å²) >= 11 is 3.08. The van der Waals surface area contributed by atoms with E-state index in [0.717, 1.165) is 22.1 Å². The summed E-state index contributed by atoms with van der Waals surface area (Å²) in [7, 11) is 0. The van der Waals surface area contributed by atoms with Crippen molar-refractivity contribution in [1.82, 2.24) is 10.3 Å². The molecule has 1 heterocycles. The number of hydrogen-bond donors (Lipinski definition) is 1. The molecule has 0 saturated carbocycles. The lowest BCUT2D eigenvalue weighted by molar-refractivity contribution is -0.144. The molecule has 1 aromatic rings. The van der Waals surface area contributed by atoms with Gasteiger partial charge in [0.25, 0.3) is 0 Å². The Bertz CT molecular complexity index is 599. The molecule has 1 rings (SSSR count). The highest BCUT2D eigenvalue weighted by Crippen LogP contribution is 2.26. The number of esters is 1. The lowest BCUT2D eigenvalue weighted by atomic mass is 10.0. The lowest BCUT2D eigenvalue weighted by Gasteiger charge is -2.19. The fourth-order valence-corrected chi connectivity index (χ4v) is 4.28. The van der Waals surface area contributed by atoms with E-state index in [1.165, 1.54) is 24.2 Å². The van der Waals surface area contributed by atoms with Gasteiger partial charge in [-0.2, -0.15) is 0 Å². The van der Waals surface area contributed by atoms with Crippen LogP contribution in [0.4, 0.5) is 4.79 Å². The minimum atomic E-state index is -0.518. The molecular weight excluding hydrogens is 396 g/mol. The third-order valence-electron chi connectivity index (χ3n) is 3.89. The van der Waals surface area contributed by atoms with E-state index >= 15 is 0 Å². The molecule has 1 amide bonds. The Morgan fingerprint density at radius 1 is 1.32 bits per heavy atom. The first kappa shape index (κ1) is 24.8. The zero-order chi connectivity index (χ0) is 21.0. The van der Waals surface area contributed by atoms with Crippen molar-refractivity contribution in [3.05, 3.63) is 11.2 Å². The van der Waals surface area contributed by atoms with E-state index in [-0.39, 0.29) is 5.97 Å². The molecule has 0 aliphatic heterocycles. The Kier molecular flexibility index (Phi) is 11.5. The molecule has 6 nitrogen and oxygen atoms in total. The van der Waals surface area contributed by atoms with Crippen LogP contribution in [0.5, 0.6) is 0 Å². The van der Waals surface area contributed by atoms with E-state index in [4.69, 9.17) is 9.47 Å². The van der Waals surface area contributed by atoms with Crippen molar-refractivity contribution < 1.29 is 19.1 Å². The van der Waals surface area contributed by atoms with Gasteiger partial charge in [-0.05, 0) is 33.1 Å². The molecule has 28 heavy (non-hydrogen) atoms. The second-order valence-corrected chi connectivity index (χ2v) is 10.1. The molecule has 160 valence electrons. The first-order valence-electron chi connectivity index (χ1n) is 9.93. The van der Waals surface area contributed by atoms with Gasteiger partial charge in [0.2, 0.25) is 0 Å². The van der Waals surface area contributed by atoms with Crippen LogP contribution in [0, 0.1) is 5.92 Å². The molecule has 0 aromatic carbocycles. The highest BCUT2D eigenvalue weighted by atomic mass is 32.2. The number of rotatable bonds is 12. The predicted octanol–water partition coefficient (Wildman–Crippen LogP) is 5.41. The van der Waals surface area contributed by atoms with Crippen molar-refractivity contribution in [2.45, 2.75) is 83.1 Å². The Balaban J connectivity index is 2.24. The van der Waals surface area contributed by atoms with Gasteiger partial charge in [0.15, 0.2) is 0 Å². The first-order chi connectivity index (χ1) is 13.2. The number of carbonyl (C=O) groups excluding carboxylic acids is 2. The largest absolute Gasteiger partial charge is 0.465 e. The van der Waals surface area contributed by atoms with Gasteiger partial charge in [0.1, 0.15) is 10.6 Å². The summed E-state index contributed by atoms with van der Waals surface area (Å²) in [6.45, 7) is 10.6. The van der Waals surface area contributed by atoms with Gasteiger partial charge in [-0.3, -0.25) is 4.79 Å². The van der Waals surface area contributed by atoms with Gasteiger partial charge in [-0.15, -0.1) is 23.1 Å². The van der Waals surface area contributed by atoms with Crippen LogP contribution in [0.15, 0.2) is 10.4 Å². The van der Waals surface area contributed by atoms with E-state index in [2.05, 4.69) is 24.1 Å². The number of thioether (sulfide) groups is 1. The number of hydrogen-bond acceptors (Lipinski definition) is 7. The summed E-state index contributed by atoms with van der Waals surface area (Å²) in [4.78, 5) is 27.9. The van der Waals surface area contributed by atoms with Crippen LogP contribution in [0.25, 0.3) is 0 Å². The molecule has 1 atom stereocenters. The summed E-state index contributed by atoms with van der Waals surface area (Å²) < 4.78 is 11.6. The molecule has 0 bridgehead atoms. The molecule has 0 radical (unpaired) electrons. The van der Waals surface area contributed by atoms with Gasteiger partial charge in [-0.1, -0.05) is 33.1 Å². The number of amides is 1. The molecular formula is C20H34N2O4S2. The van der Waals surface area contributed by atoms with Crippen LogP contribution in [0.1, 0.15) is 71.7 Å². The minimum Gasteiger partial charge on any atom is -0.465 e. The summed E-state index contributed by atoms with van der Waals surface area (Å²) in [6.07, 6.45) is 6.22. The van der Waals surface area contributed by atoms with Gasteiger partial charge < -0.3 is 14.8 Å². The number of ether oxygens (including phenoxy) is 2. The highest BCUT2D eigenvalue weighted by Gasteiger charge is 2.16. The fraction of sp³-hybridized carbons (Fsp3) is 0.750. The van der Waals surface area contributed by atoms with Crippen molar-refractivity contribution >= 4 is 35.2 Å². The molecule has 8 heteroatoms. The smallest absolute Gasteiger partial charge is 0.408 e. The van der Waals surface area contributed by atoms with Gasteiger partial charge in [0, 0.05) is 5.75 Å². The predicted molar refractivity (Wildman–Crippen MR) is 115 cm³/mol. The Morgan fingerprint density at radius 2 is 2.07 bits per heavy atom. The Hall–Kier alpha value is -1.28. The molecule has 1 N–H and O–H groups in total. The summed E-state index contributed by atoms with van der Waals surface area (Å²) in [5, 5.41) is 3.50. The van der Waals surface area contributed by atoms with E-state index in [0.29, 0.717) is 31.2 Å². The summed E-state index contributed by atoms with van der Waals surface area (Å²) in [5.74, 6) is 0.989. The molecule has 0 aliphatic rings. The zero-order valence-electron chi connectivity index (χ0n) is 17.7. The standard InChI is InChI=1S/C20H34N2O4S2/c1-6-8-9-15(7-2)14-25-17(23)10-11-27-18-13-21-16(28-18)12-22-19(24)26-20(3,4)5/h13,15H,6-12,14H2,1-5H3,(H,22,24). The second kappa shape index (κ2) is 13.0. The Morgan fingerprint density at radius 3 is 2.71 bits per heavy atom. The monoisotopic (exact) mass is 430 g/mol. The summed E-state index contributed by atoms with van der Waals surface area (Å²) in [6, 6.07) is 0. The van der Waals surface area contributed by atoms with E-state index in [1.54, 1.807) is 18.0 Å². The molecule has 0 spiro atoms. The van der Waals surface area contributed by atoms with Gasteiger partial charge >= 0.3 is 12.1 Å². The third-order valence-corrected chi connectivity index (χ3v) is 6.08. The van der Waals surface area contributed by atoms with Crippen LogP contribution >= 0.6 is 23.1 Å². The number of unbranched alkanes of at least 4 members (excludes halogenated alkanes) is 1. The van der Waals surface area contributed by atoms with Crippen LogP contribution in [0.3, 0.4) is 0 Å². The number of thiazole rings is 1. The lowest BCUT2D eigenvalue weighted by Crippen LogP contribution is -2.32. The number of nitrogens with zero attached hydrogens (tertiary/aromatic N) is 1. The maximum Gasteiger partial charge on any atom is 0.408 e. The molecule has 1 aromatic heterocycles. The van der Waals surface area contributed by atoms with E-state index in [1.807, 2.05) is 20.8 Å². The summed E-state index contributed by atoms with van der Waals surface area (Å²) in [5.41, 5.74) is -0.518. The topological polar surface area (TPSA) is 77.5 Å². The number of nitrogens with one attached hydrogen (secondary N) is 1. The Labute approximate surface area is 177 Å². The van der Waals surface area contributed by atoms with Crippen molar-refractivity contribution in [2.24, 2.45) is 5.92 Å². The first-order valence-corrected chi connectivity index (χ1v) is 11.7. The van der Waals surface area contributed by atoms with Crippen molar-refractivity contribution in [1.29, 1.82) is 0 Å². The van der Waals surface area contributed by atoms with E-state index < -0.39 is 11.7 Å². The van der Waals surface area contributed by atoms with Gasteiger partial charge in [-0.25, -0.2) is 9.78 Å². The fourth-order valence-electron chi connectivity index (χ4n) is 2.32. The van der Waals surface area contributed by atoms with Crippen LogP contribution in [-0.4, -0.2) is 35.0 Å². The molecule has 0 fully saturated rings.